The van der Waals surface area contributed by atoms with Gasteiger partial charge in [0.25, 0.3) is 0 Å². The first-order chi connectivity index (χ1) is 12.9. The molecule has 6 heteroatoms. The van der Waals surface area contributed by atoms with E-state index < -0.39 is 40.5 Å². The lowest BCUT2D eigenvalue weighted by molar-refractivity contribution is -0.152. The molecule has 0 aromatic carbocycles. The second-order valence-electron chi connectivity index (χ2n) is 12.1. The van der Waals surface area contributed by atoms with Crippen molar-refractivity contribution in [1.29, 1.82) is 0 Å². The van der Waals surface area contributed by atoms with Gasteiger partial charge in [-0.3, -0.25) is 9.59 Å². The summed E-state index contributed by atoms with van der Waals surface area (Å²) in [7, 11) is 0. The summed E-state index contributed by atoms with van der Waals surface area (Å²) >= 11 is 0. The van der Waals surface area contributed by atoms with Crippen LogP contribution in [0.3, 0.4) is 0 Å². The van der Waals surface area contributed by atoms with Crippen LogP contribution in [0.1, 0.15) is 93.9 Å². The SMILES string of the molecule is CC(C)(C(=O)NC(C(C)(C)C)C1(O)CCC1)C(=O)NC(C(C)(C)C)C1(O)CCC1. The summed E-state index contributed by atoms with van der Waals surface area (Å²) in [5.74, 6) is -0.799. The third kappa shape index (κ3) is 4.79. The van der Waals surface area contributed by atoms with Crippen molar-refractivity contribution in [2.75, 3.05) is 0 Å². The van der Waals surface area contributed by atoms with Crippen LogP contribution in [0.5, 0.6) is 0 Å². The highest BCUT2D eigenvalue weighted by molar-refractivity contribution is 6.04. The Bertz CT molecular complexity index is 580. The molecule has 6 nitrogen and oxygen atoms in total. The van der Waals surface area contributed by atoms with Gasteiger partial charge in [-0.2, -0.15) is 0 Å². The lowest BCUT2D eigenvalue weighted by Gasteiger charge is -2.50. The minimum atomic E-state index is -1.33. The van der Waals surface area contributed by atoms with Gasteiger partial charge in [-0.25, -0.2) is 0 Å². The van der Waals surface area contributed by atoms with Crippen molar-refractivity contribution >= 4 is 11.8 Å². The van der Waals surface area contributed by atoms with E-state index >= 15 is 0 Å². The fourth-order valence-electron chi connectivity index (χ4n) is 4.70. The maximum absolute atomic E-state index is 13.2. The van der Waals surface area contributed by atoms with E-state index in [1.807, 2.05) is 41.5 Å². The maximum Gasteiger partial charge on any atom is 0.235 e. The monoisotopic (exact) mass is 410 g/mol. The van der Waals surface area contributed by atoms with E-state index in [4.69, 9.17) is 0 Å². The minimum absolute atomic E-state index is 0.341. The average Bonchev–Trinajstić information content (AvgIpc) is 2.50. The molecule has 2 saturated carbocycles. The Labute approximate surface area is 176 Å². The molecule has 2 fully saturated rings. The topological polar surface area (TPSA) is 98.7 Å². The normalized spacial score (nSPS) is 23.2. The first-order valence-corrected chi connectivity index (χ1v) is 11.0. The van der Waals surface area contributed by atoms with Crippen molar-refractivity contribution in [3.8, 4) is 0 Å². The number of hydrogen-bond donors (Lipinski definition) is 4. The molecule has 0 saturated heterocycles. The molecule has 2 aliphatic rings. The predicted octanol–water partition coefficient (Wildman–Crippen LogP) is 2.90. The summed E-state index contributed by atoms with van der Waals surface area (Å²) in [6.45, 7) is 15.1. The molecule has 168 valence electrons. The Kier molecular flexibility index (Phi) is 6.26. The molecular formula is C23H42N2O4. The van der Waals surface area contributed by atoms with Crippen LogP contribution < -0.4 is 10.6 Å². The lowest BCUT2D eigenvalue weighted by atomic mass is 9.65. The van der Waals surface area contributed by atoms with E-state index in [-0.39, 0.29) is 10.8 Å². The number of nitrogens with one attached hydrogen (secondary N) is 2. The van der Waals surface area contributed by atoms with E-state index in [9.17, 15) is 19.8 Å². The Morgan fingerprint density at radius 3 is 1.14 bits per heavy atom. The molecular weight excluding hydrogens is 368 g/mol. The van der Waals surface area contributed by atoms with Gasteiger partial charge >= 0.3 is 0 Å². The summed E-state index contributed by atoms with van der Waals surface area (Å²) < 4.78 is 0. The standard InChI is InChI=1S/C23H42N2O4/c1-19(2,3)15(22(28)11-9-12-22)24-17(26)21(7,8)18(27)25-16(20(4,5)6)23(29)13-10-14-23/h15-16,28-29H,9-14H2,1-8H3,(H,24,26)(H,25,27). The van der Waals surface area contributed by atoms with Gasteiger partial charge in [0.15, 0.2) is 0 Å². The predicted molar refractivity (Wildman–Crippen MR) is 114 cm³/mol. The van der Waals surface area contributed by atoms with E-state index in [0.29, 0.717) is 25.7 Å². The third-order valence-corrected chi connectivity index (χ3v) is 6.93. The Hall–Kier alpha value is -1.14. The van der Waals surface area contributed by atoms with Crippen LogP contribution >= 0.6 is 0 Å². The second kappa shape index (κ2) is 7.52. The van der Waals surface area contributed by atoms with Gasteiger partial charge in [-0.15, -0.1) is 0 Å². The first kappa shape index (κ1) is 24.1. The van der Waals surface area contributed by atoms with Gasteiger partial charge in [-0.05, 0) is 63.2 Å². The molecule has 2 unspecified atom stereocenters. The molecule has 0 aromatic heterocycles. The highest BCUT2D eigenvalue weighted by Gasteiger charge is 2.52. The summed E-state index contributed by atoms with van der Waals surface area (Å²) in [5, 5.41) is 27.8. The molecule has 0 bridgehead atoms. The van der Waals surface area contributed by atoms with Crippen LogP contribution in [0.25, 0.3) is 0 Å². The van der Waals surface area contributed by atoms with E-state index in [0.717, 1.165) is 12.8 Å². The van der Waals surface area contributed by atoms with Crippen molar-refractivity contribution in [1.82, 2.24) is 10.6 Å². The molecule has 0 aromatic rings. The van der Waals surface area contributed by atoms with Crippen molar-refractivity contribution in [2.24, 2.45) is 16.2 Å². The summed E-state index contributed by atoms with van der Waals surface area (Å²) in [4.78, 5) is 26.3. The Morgan fingerprint density at radius 1 is 0.690 bits per heavy atom. The van der Waals surface area contributed by atoms with Crippen LogP contribution in [0.4, 0.5) is 0 Å². The number of aliphatic hydroxyl groups is 2. The fourth-order valence-corrected chi connectivity index (χ4v) is 4.70. The average molecular weight is 411 g/mol. The maximum atomic E-state index is 13.2. The van der Waals surface area contributed by atoms with Crippen LogP contribution in [0.2, 0.25) is 0 Å². The number of amides is 2. The third-order valence-electron chi connectivity index (χ3n) is 6.93. The zero-order chi connectivity index (χ0) is 22.5. The molecule has 0 radical (unpaired) electrons. The van der Waals surface area contributed by atoms with E-state index in [2.05, 4.69) is 10.6 Å². The van der Waals surface area contributed by atoms with Crippen molar-refractivity contribution < 1.29 is 19.8 Å². The number of carbonyl (C=O) groups excluding carboxylic acids is 2. The number of rotatable bonds is 6. The minimum Gasteiger partial charge on any atom is -0.388 e. The molecule has 2 rings (SSSR count). The van der Waals surface area contributed by atoms with Crippen LogP contribution in [-0.2, 0) is 9.59 Å². The Morgan fingerprint density at radius 2 is 0.966 bits per heavy atom. The molecule has 0 spiro atoms. The first-order valence-electron chi connectivity index (χ1n) is 11.0. The zero-order valence-electron chi connectivity index (χ0n) is 19.6. The van der Waals surface area contributed by atoms with E-state index in [1.165, 1.54) is 0 Å². The summed E-state index contributed by atoms with van der Waals surface area (Å²) in [6.07, 6.45) is 4.49. The largest absolute Gasteiger partial charge is 0.388 e. The van der Waals surface area contributed by atoms with Crippen LogP contribution in [0.15, 0.2) is 0 Å². The van der Waals surface area contributed by atoms with Gasteiger partial charge in [0.1, 0.15) is 5.41 Å². The molecule has 29 heavy (non-hydrogen) atoms. The Balaban J connectivity index is 2.17. The lowest BCUT2D eigenvalue weighted by Crippen LogP contribution is -2.66. The van der Waals surface area contributed by atoms with Crippen LogP contribution in [-0.4, -0.2) is 45.3 Å². The van der Waals surface area contributed by atoms with Crippen molar-refractivity contribution in [2.45, 2.75) is 117 Å². The smallest absolute Gasteiger partial charge is 0.235 e. The number of carbonyl (C=O) groups is 2. The molecule has 4 N–H and O–H groups in total. The highest BCUT2D eigenvalue weighted by atomic mass is 16.3. The number of hydrogen-bond acceptors (Lipinski definition) is 4. The fraction of sp³-hybridized carbons (Fsp3) is 0.913. The van der Waals surface area contributed by atoms with Gasteiger partial charge < -0.3 is 20.8 Å². The molecule has 0 heterocycles. The van der Waals surface area contributed by atoms with Crippen molar-refractivity contribution in [3.63, 3.8) is 0 Å². The van der Waals surface area contributed by atoms with Gasteiger partial charge in [0.05, 0.1) is 23.3 Å². The quantitative estimate of drug-likeness (QED) is 0.506. The second-order valence-corrected chi connectivity index (χ2v) is 12.1. The van der Waals surface area contributed by atoms with Crippen LogP contribution in [0, 0.1) is 16.2 Å². The zero-order valence-corrected chi connectivity index (χ0v) is 19.6. The molecule has 2 aliphatic carbocycles. The summed E-state index contributed by atoms with van der Waals surface area (Å²) in [5.41, 5.74) is -3.85. The van der Waals surface area contributed by atoms with Gasteiger partial charge in [-0.1, -0.05) is 41.5 Å². The highest BCUT2D eigenvalue weighted by Crippen LogP contribution is 2.43. The molecule has 0 aliphatic heterocycles. The van der Waals surface area contributed by atoms with Gasteiger partial charge in [0.2, 0.25) is 11.8 Å². The summed E-state index contributed by atoms with van der Waals surface area (Å²) in [6, 6.07) is -0.866. The molecule has 2 atom stereocenters. The van der Waals surface area contributed by atoms with E-state index in [1.54, 1.807) is 13.8 Å². The molecule has 2 amide bonds. The van der Waals surface area contributed by atoms with Gasteiger partial charge in [0, 0.05) is 0 Å². The van der Waals surface area contributed by atoms with Crippen molar-refractivity contribution in [3.05, 3.63) is 0 Å².